The minimum absolute atomic E-state index is 0.153. The standard InChI is InChI=1S/C19H22N2O6S/c1-4-25-18(23)13-10(3)15(19(24)26-5-2)28-17(13)20-16(22)14-11-8-6-7-9-12(11)27-21-14/h4-9H2,1-3H3,(H,20,22). The molecule has 0 radical (unpaired) electrons. The van der Waals surface area contributed by atoms with Crippen LogP contribution in [0.2, 0.25) is 0 Å². The van der Waals surface area contributed by atoms with Crippen LogP contribution in [0.3, 0.4) is 0 Å². The maximum absolute atomic E-state index is 12.8. The van der Waals surface area contributed by atoms with Crippen molar-refractivity contribution in [3.8, 4) is 0 Å². The first kappa shape index (κ1) is 20.1. The van der Waals surface area contributed by atoms with E-state index in [2.05, 4.69) is 10.5 Å². The molecule has 0 aliphatic heterocycles. The number of carbonyl (C=O) groups is 3. The number of aromatic nitrogens is 1. The van der Waals surface area contributed by atoms with Crippen molar-refractivity contribution in [1.82, 2.24) is 5.16 Å². The average Bonchev–Trinajstić information content (AvgIpc) is 3.23. The molecule has 150 valence electrons. The summed E-state index contributed by atoms with van der Waals surface area (Å²) in [5.41, 5.74) is 1.59. The number of fused-ring (bicyclic) bond motifs is 1. The average molecular weight is 406 g/mol. The van der Waals surface area contributed by atoms with E-state index >= 15 is 0 Å². The molecule has 0 atom stereocenters. The van der Waals surface area contributed by atoms with E-state index in [1.54, 1.807) is 20.8 Å². The van der Waals surface area contributed by atoms with Crippen molar-refractivity contribution in [1.29, 1.82) is 0 Å². The highest BCUT2D eigenvalue weighted by Crippen LogP contribution is 2.35. The smallest absolute Gasteiger partial charge is 0.348 e. The van der Waals surface area contributed by atoms with Crippen LogP contribution in [-0.4, -0.2) is 36.2 Å². The van der Waals surface area contributed by atoms with E-state index in [0.29, 0.717) is 5.56 Å². The molecule has 0 saturated heterocycles. The number of amides is 1. The number of aryl methyl sites for hydroxylation is 1. The minimum Gasteiger partial charge on any atom is -0.462 e. The largest absolute Gasteiger partial charge is 0.462 e. The first-order chi connectivity index (χ1) is 13.5. The molecule has 0 bridgehead atoms. The molecule has 0 fully saturated rings. The number of thiophene rings is 1. The summed E-state index contributed by atoms with van der Waals surface area (Å²) < 4.78 is 15.4. The van der Waals surface area contributed by atoms with E-state index in [1.165, 1.54) is 0 Å². The summed E-state index contributed by atoms with van der Waals surface area (Å²) in [5, 5.41) is 6.85. The zero-order valence-electron chi connectivity index (χ0n) is 16.0. The number of hydrogen-bond donors (Lipinski definition) is 1. The molecule has 0 saturated carbocycles. The van der Waals surface area contributed by atoms with Gasteiger partial charge in [-0.15, -0.1) is 11.3 Å². The summed E-state index contributed by atoms with van der Waals surface area (Å²) in [6.07, 6.45) is 3.45. The van der Waals surface area contributed by atoms with Gasteiger partial charge in [0, 0.05) is 12.0 Å². The van der Waals surface area contributed by atoms with E-state index in [4.69, 9.17) is 14.0 Å². The highest BCUT2D eigenvalue weighted by molar-refractivity contribution is 7.18. The van der Waals surface area contributed by atoms with Crippen LogP contribution >= 0.6 is 11.3 Å². The molecule has 2 aromatic rings. The van der Waals surface area contributed by atoms with Gasteiger partial charge in [0.25, 0.3) is 5.91 Å². The SMILES string of the molecule is CCOC(=O)c1sc(NC(=O)c2noc3c2CCCC3)c(C(=O)OCC)c1C. The number of rotatable bonds is 6. The first-order valence-electron chi connectivity index (χ1n) is 9.24. The number of nitrogens with zero attached hydrogens (tertiary/aromatic N) is 1. The van der Waals surface area contributed by atoms with E-state index in [-0.39, 0.29) is 34.3 Å². The van der Waals surface area contributed by atoms with Crippen LogP contribution in [0, 0.1) is 6.92 Å². The summed E-state index contributed by atoms with van der Waals surface area (Å²) >= 11 is 0.986. The summed E-state index contributed by atoms with van der Waals surface area (Å²) in [5.74, 6) is -0.898. The van der Waals surface area contributed by atoms with Gasteiger partial charge in [0.2, 0.25) is 0 Å². The molecule has 1 N–H and O–H groups in total. The Bertz CT molecular complexity index is 914. The molecule has 3 rings (SSSR count). The predicted molar refractivity (Wildman–Crippen MR) is 102 cm³/mol. The second-order valence-electron chi connectivity index (χ2n) is 6.30. The van der Waals surface area contributed by atoms with Gasteiger partial charge in [-0.2, -0.15) is 0 Å². The lowest BCUT2D eigenvalue weighted by molar-refractivity contribution is 0.0527. The maximum atomic E-state index is 12.8. The summed E-state index contributed by atoms with van der Waals surface area (Å²) in [7, 11) is 0. The van der Waals surface area contributed by atoms with Crippen LogP contribution in [-0.2, 0) is 22.3 Å². The summed E-state index contributed by atoms with van der Waals surface area (Å²) in [6.45, 7) is 5.39. The van der Waals surface area contributed by atoms with E-state index < -0.39 is 17.8 Å². The van der Waals surface area contributed by atoms with Gasteiger partial charge in [0.15, 0.2) is 5.69 Å². The summed E-state index contributed by atoms with van der Waals surface area (Å²) in [6, 6.07) is 0. The molecule has 28 heavy (non-hydrogen) atoms. The molecule has 1 aliphatic carbocycles. The van der Waals surface area contributed by atoms with Gasteiger partial charge in [0.1, 0.15) is 15.6 Å². The molecule has 0 aromatic carbocycles. The van der Waals surface area contributed by atoms with Crippen LogP contribution in [0.1, 0.15) is 74.1 Å². The van der Waals surface area contributed by atoms with Gasteiger partial charge in [-0.1, -0.05) is 5.16 Å². The number of esters is 2. The predicted octanol–water partition coefficient (Wildman–Crippen LogP) is 3.53. The molecular weight excluding hydrogens is 384 g/mol. The van der Waals surface area contributed by atoms with Crippen LogP contribution in [0.15, 0.2) is 4.52 Å². The Morgan fingerprint density at radius 3 is 2.50 bits per heavy atom. The zero-order chi connectivity index (χ0) is 20.3. The number of hydrogen-bond acceptors (Lipinski definition) is 8. The minimum atomic E-state index is -0.607. The van der Waals surface area contributed by atoms with Crippen molar-refractivity contribution in [2.45, 2.75) is 46.5 Å². The molecule has 8 nitrogen and oxygen atoms in total. The van der Waals surface area contributed by atoms with Gasteiger partial charge in [-0.25, -0.2) is 9.59 Å². The Balaban J connectivity index is 1.94. The molecular formula is C19H22N2O6S. The summed E-state index contributed by atoms with van der Waals surface area (Å²) in [4.78, 5) is 37.7. The Labute approximate surface area is 166 Å². The van der Waals surface area contributed by atoms with E-state index in [1.807, 2.05) is 0 Å². The van der Waals surface area contributed by atoms with Crippen molar-refractivity contribution >= 4 is 34.2 Å². The lowest BCUT2D eigenvalue weighted by Crippen LogP contribution is -2.17. The Kier molecular flexibility index (Phi) is 6.13. The van der Waals surface area contributed by atoms with Crippen molar-refractivity contribution < 1.29 is 28.4 Å². The molecule has 1 aliphatic rings. The lowest BCUT2D eigenvalue weighted by Gasteiger charge is -2.09. The molecule has 0 spiro atoms. The monoisotopic (exact) mass is 406 g/mol. The van der Waals surface area contributed by atoms with Gasteiger partial charge in [-0.3, -0.25) is 4.79 Å². The second-order valence-corrected chi connectivity index (χ2v) is 7.32. The van der Waals surface area contributed by atoms with E-state index in [9.17, 15) is 14.4 Å². The van der Waals surface area contributed by atoms with Gasteiger partial charge >= 0.3 is 11.9 Å². The third-order valence-electron chi connectivity index (χ3n) is 4.48. The van der Waals surface area contributed by atoms with E-state index in [0.717, 1.165) is 48.3 Å². The number of carbonyl (C=O) groups excluding carboxylic acids is 3. The number of ether oxygens (including phenoxy) is 2. The van der Waals surface area contributed by atoms with Crippen molar-refractivity contribution in [3.05, 3.63) is 33.0 Å². The van der Waals surface area contributed by atoms with Crippen LogP contribution < -0.4 is 5.32 Å². The molecule has 2 aromatic heterocycles. The number of anilines is 1. The van der Waals surface area contributed by atoms with Crippen molar-refractivity contribution in [2.75, 3.05) is 18.5 Å². The fraction of sp³-hybridized carbons (Fsp3) is 0.474. The Hall–Kier alpha value is -2.68. The van der Waals surface area contributed by atoms with Gasteiger partial charge < -0.3 is 19.3 Å². The zero-order valence-corrected chi connectivity index (χ0v) is 16.9. The number of nitrogens with one attached hydrogen (secondary N) is 1. The Morgan fingerprint density at radius 2 is 1.79 bits per heavy atom. The third kappa shape index (κ3) is 3.80. The molecule has 9 heteroatoms. The lowest BCUT2D eigenvalue weighted by atomic mass is 9.96. The second kappa shape index (κ2) is 8.55. The van der Waals surface area contributed by atoms with Gasteiger partial charge in [0.05, 0.1) is 18.8 Å². The quantitative estimate of drug-likeness (QED) is 0.731. The topological polar surface area (TPSA) is 108 Å². The van der Waals surface area contributed by atoms with Gasteiger partial charge in [-0.05, 0) is 45.6 Å². The molecule has 2 heterocycles. The maximum Gasteiger partial charge on any atom is 0.348 e. The Morgan fingerprint density at radius 1 is 1.11 bits per heavy atom. The van der Waals surface area contributed by atoms with Crippen molar-refractivity contribution in [2.24, 2.45) is 0 Å². The molecule has 0 unspecified atom stereocenters. The fourth-order valence-electron chi connectivity index (χ4n) is 3.17. The van der Waals surface area contributed by atoms with Crippen LogP contribution in [0.5, 0.6) is 0 Å². The first-order valence-corrected chi connectivity index (χ1v) is 10.1. The fourth-order valence-corrected chi connectivity index (χ4v) is 4.25. The highest BCUT2D eigenvalue weighted by Gasteiger charge is 2.29. The van der Waals surface area contributed by atoms with Crippen molar-refractivity contribution in [3.63, 3.8) is 0 Å². The molecule has 1 amide bonds. The van der Waals surface area contributed by atoms with Crippen LogP contribution in [0.4, 0.5) is 5.00 Å². The van der Waals surface area contributed by atoms with Crippen LogP contribution in [0.25, 0.3) is 0 Å². The normalized spacial score (nSPS) is 13.0. The highest BCUT2D eigenvalue weighted by atomic mass is 32.1. The third-order valence-corrected chi connectivity index (χ3v) is 5.67.